The number of allylic oxidation sites excluding steroid dienone is 1. The van der Waals surface area contributed by atoms with E-state index >= 15 is 0 Å². The topological polar surface area (TPSA) is 29.5 Å². The van der Waals surface area contributed by atoms with Crippen LogP contribution in [0.4, 0.5) is 0 Å². The normalized spacial score (nSPS) is 10.9. The fourth-order valence-corrected chi connectivity index (χ4v) is 2.39. The number of methoxy groups -OCH3 is 1. The maximum absolute atomic E-state index is 10.3. The first-order chi connectivity index (χ1) is 11.0. The Morgan fingerprint density at radius 2 is 1.78 bits per heavy atom. The number of phenolic OH excluding ortho intramolecular Hbond substituents is 1. The Morgan fingerprint density at radius 3 is 2.39 bits per heavy atom. The molecule has 0 amide bonds. The molecule has 0 saturated carbocycles. The van der Waals surface area contributed by atoms with Gasteiger partial charge in [-0.15, -0.1) is 6.58 Å². The number of rotatable bonds is 6. The van der Waals surface area contributed by atoms with Crippen LogP contribution in [0.5, 0.6) is 11.5 Å². The molecule has 2 rings (SSSR count). The third-order valence-corrected chi connectivity index (χ3v) is 3.78. The van der Waals surface area contributed by atoms with Crippen LogP contribution in [0.2, 0.25) is 0 Å². The van der Waals surface area contributed by atoms with Gasteiger partial charge in [0.25, 0.3) is 0 Å². The first-order valence-corrected chi connectivity index (χ1v) is 7.78. The van der Waals surface area contributed by atoms with Gasteiger partial charge >= 0.3 is 0 Å². The lowest BCUT2D eigenvalue weighted by atomic mass is 10.0. The van der Waals surface area contributed by atoms with Gasteiger partial charge < -0.3 is 9.84 Å². The van der Waals surface area contributed by atoms with Crippen molar-refractivity contribution in [2.24, 2.45) is 0 Å². The molecule has 0 aliphatic carbocycles. The second-order valence-corrected chi connectivity index (χ2v) is 5.92. The fourth-order valence-electron chi connectivity index (χ4n) is 2.39. The largest absolute Gasteiger partial charge is 0.508 e. The van der Waals surface area contributed by atoms with E-state index in [4.69, 9.17) is 4.74 Å². The van der Waals surface area contributed by atoms with Crippen LogP contribution in [0, 0.1) is 6.92 Å². The summed E-state index contributed by atoms with van der Waals surface area (Å²) >= 11 is 0. The highest BCUT2D eigenvalue weighted by atomic mass is 16.5. The molecule has 0 aromatic heterocycles. The highest BCUT2D eigenvalue weighted by Crippen LogP contribution is 2.32. The molecule has 1 N–H and O–H groups in total. The molecule has 2 aromatic carbocycles. The Bertz CT molecular complexity index is 709. The zero-order valence-electron chi connectivity index (χ0n) is 14.1. The van der Waals surface area contributed by atoms with Gasteiger partial charge in [-0.2, -0.15) is 0 Å². The molecular formula is C21H24O2. The van der Waals surface area contributed by atoms with Crippen molar-refractivity contribution in [2.45, 2.75) is 26.7 Å². The third-order valence-electron chi connectivity index (χ3n) is 3.78. The summed E-state index contributed by atoms with van der Waals surface area (Å²) in [4.78, 5) is 0. The summed E-state index contributed by atoms with van der Waals surface area (Å²) in [6, 6.07) is 12.0. The molecule has 0 radical (unpaired) electrons. The van der Waals surface area contributed by atoms with E-state index in [0.717, 1.165) is 40.9 Å². The average Bonchev–Trinajstić information content (AvgIpc) is 2.52. The predicted octanol–water partition coefficient (Wildman–Crippen LogP) is 5.39. The molecule has 2 aromatic rings. The molecule has 0 atom stereocenters. The molecule has 2 nitrogen and oxygen atoms in total. The third kappa shape index (κ3) is 4.75. The van der Waals surface area contributed by atoms with E-state index in [-0.39, 0.29) is 5.75 Å². The van der Waals surface area contributed by atoms with Crippen LogP contribution in [0.15, 0.2) is 48.6 Å². The first kappa shape index (κ1) is 16.9. The lowest BCUT2D eigenvalue weighted by Crippen LogP contribution is -1.95. The van der Waals surface area contributed by atoms with Gasteiger partial charge in [0.05, 0.1) is 7.11 Å². The molecule has 0 heterocycles. The summed E-state index contributed by atoms with van der Waals surface area (Å²) in [5.41, 5.74) is 5.21. The van der Waals surface area contributed by atoms with E-state index in [1.807, 2.05) is 25.1 Å². The summed E-state index contributed by atoms with van der Waals surface area (Å²) in [6.07, 6.45) is 5.57. The van der Waals surface area contributed by atoms with Crippen molar-refractivity contribution in [3.63, 3.8) is 0 Å². The van der Waals surface area contributed by atoms with Crippen LogP contribution in [0.25, 0.3) is 12.2 Å². The van der Waals surface area contributed by atoms with Crippen LogP contribution >= 0.6 is 0 Å². The Morgan fingerprint density at radius 1 is 1.13 bits per heavy atom. The van der Waals surface area contributed by atoms with E-state index in [1.165, 1.54) is 5.56 Å². The second kappa shape index (κ2) is 7.68. The van der Waals surface area contributed by atoms with Gasteiger partial charge in [0.2, 0.25) is 0 Å². The van der Waals surface area contributed by atoms with Gasteiger partial charge in [0, 0.05) is 5.56 Å². The first-order valence-electron chi connectivity index (χ1n) is 7.78. The van der Waals surface area contributed by atoms with Crippen LogP contribution in [-0.2, 0) is 6.42 Å². The molecule has 23 heavy (non-hydrogen) atoms. The number of benzene rings is 2. The van der Waals surface area contributed by atoms with Gasteiger partial charge in [-0.25, -0.2) is 0 Å². The molecule has 0 unspecified atom stereocenters. The molecule has 0 fully saturated rings. The average molecular weight is 308 g/mol. The van der Waals surface area contributed by atoms with E-state index in [0.29, 0.717) is 0 Å². The number of ether oxygens (including phenoxy) is 1. The Kier molecular flexibility index (Phi) is 5.64. The Hall–Kier alpha value is -2.48. The smallest absolute Gasteiger partial charge is 0.126 e. The minimum atomic E-state index is 0.272. The molecule has 0 aliphatic rings. The van der Waals surface area contributed by atoms with Gasteiger partial charge in [-0.3, -0.25) is 0 Å². The molecule has 0 saturated heterocycles. The summed E-state index contributed by atoms with van der Waals surface area (Å²) in [5.74, 6) is 0.990. The van der Waals surface area contributed by atoms with E-state index < -0.39 is 0 Å². The number of hydrogen-bond acceptors (Lipinski definition) is 2. The van der Waals surface area contributed by atoms with Crippen molar-refractivity contribution >= 4 is 12.2 Å². The van der Waals surface area contributed by atoms with E-state index in [1.54, 1.807) is 13.2 Å². The minimum Gasteiger partial charge on any atom is -0.508 e. The van der Waals surface area contributed by atoms with E-state index in [2.05, 4.69) is 37.8 Å². The molecule has 0 aliphatic heterocycles. The molecular weight excluding hydrogens is 284 g/mol. The maximum Gasteiger partial charge on any atom is 0.126 e. The van der Waals surface area contributed by atoms with Crippen LogP contribution in [0.3, 0.4) is 0 Å². The SMILES string of the molecule is C=C(C)CCc1c(O)cc(C=Cc2ccc(C)cc2)cc1OC. The fraction of sp³-hybridized carbons (Fsp3) is 0.238. The highest BCUT2D eigenvalue weighted by molar-refractivity contribution is 5.71. The standard InChI is InChI=1S/C21H24O2/c1-15(2)5-12-19-20(22)13-18(14-21(19)23-4)11-10-17-8-6-16(3)7-9-17/h6-11,13-14,22H,1,5,12H2,2-4H3. The lowest BCUT2D eigenvalue weighted by molar-refractivity contribution is 0.399. The molecule has 0 bridgehead atoms. The van der Waals surface area contributed by atoms with Crippen molar-refractivity contribution in [2.75, 3.05) is 7.11 Å². The lowest BCUT2D eigenvalue weighted by Gasteiger charge is -2.12. The zero-order chi connectivity index (χ0) is 16.8. The van der Waals surface area contributed by atoms with Gasteiger partial charge in [-0.05, 0) is 49.9 Å². The van der Waals surface area contributed by atoms with Crippen molar-refractivity contribution in [3.05, 3.63) is 70.8 Å². The van der Waals surface area contributed by atoms with Gasteiger partial charge in [0.15, 0.2) is 0 Å². The number of aryl methyl sites for hydroxylation is 1. The predicted molar refractivity (Wildman–Crippen MR) is 97.9 cm³/mol. The van der Waals surface area contributed by atoms with Crippen molar-refractivity contribution in [1.29, 1.82) is 0 Å². The van der Waals surface area contributed by atoms with Gasteiger partial charge in [0.1, 0.15) is 11.5 Å². The Labute approximate surface area is 138 Å². The van der Waals surface area contributed by atoms with Crippen LogP contribution < -0.4 is 4.74 Å². The molecule has 0 spiro atoms. The summed E-state index contributed by atoms with van der Waals surface area (Å²) < 4.78 is 5.44. The zero-order valence-corrected chi connectivity index (χ0v) is 14.1. The summed E-state index contributed by atoms with van der Waals surface area (Å²) in [7, 11) is 1.63. The number of aromatic hydroxyl groups is 1. The van der Waals surface area contributed by atoms with Crippen molar-refractivity contribution < 1.29 is 9.84 Å². The summed E-state index contributed by atoms with van der Waals surface area (Å²) in [5, 5.41) is 10.3. The van der Waals surface area contributed by atoms with Crippen LogP contribution in [-0.4, -0.2) is 12.2 Å². The quantitative estimate of drug-likeness (QED) is 0.573. The summed E-state index contributed by atoms with van der Waals surface area (Å²) in [6.45, 7) is 7.97. The maximum atomic E-state index is 10.3. The van der Waals surface area contributed by atoms with Crippen molar-refractivity contribution in [3.8, 4) is 11.5 Å². The molecule has 120 valence electrons. The van der Waals surface area contributed by atoms with Crippen LogP contribution in [0.1, 0.15) is 35.6 Å². The van der Waals surface area contributed by atoms with Crippen molar-refractivity contribution in [1.82, 2.24) is 0 Å². The number of phenols is 1. The van der Waals surface area contributed by atoms with E-state index in [9.17, 15) is 5.11 Å². The monoisotopic (exact) mass is 308 g/mol. The highest BCUT2D eigenvalue weighted by Gasteiger charge is 2.10. The Balaban J connectivity index is 2.24. The van der Waals surface area contributed by atoms with Gasteiger partial charge in [-0.1, -0.05) is 47.6 Å². The minimum absolute atomic E-state index is 0.272. The second-order valence-electron chi connectivity index (χ2n) is 5.92. The molecule has 2 heteroatoms. The number of hydrogen-bond donors (Lipinski definition) is 1.